The first-order valence-corrected chi connectivity index (χ1v) is 12.4. The number of nitrogens with zero attached hydrogens (tertiary/aromatic N) is 2. The molecule has 17 heteroatoms. The minimum Gasteiger partial charge on any atom is -0.375 e. The maximum Gasteiger partial charge on any atom is 0.435 e. The van der Waals surface area contributed by atoms with Crippen molar-refractivity contribution in [3.05, 3.63) is 68.4 Å². The third-order valence-electron chi connectivity index (χ3n) is 6.03. The molecule has 1 aliphatic rings. The molecule has 0 radical (unpaired) electrons. The van der Waals surface area contributed by atoms with Crippen molar-refractivity contribution < 1.29 is 54.7 Å². The van der Waals surface area contributed by atoms with Gasteiger partial charge in [-0.25, -0.2) is 4.39 Å². The minimum absolute atomic E-state index is 0.0761. The average Bonchev–Trinajstić information content (AvgIpc) is 3.35. The van der Waals surface area contributed by atoms with Crippen LogP contribution < -0.4 is 5.32 Å². The van der Waals surface area contributed by atoms with Gasteiger partial charge in [0, 0.05) is 24.7 Å². The number of hydrogen-bond acceptors (Lipinski definition) is 6. The van der Waals surface area contributed by atoms with E-state index in [0.29, 0.717) is 4.90 Å². The Hall–Kier alpha value is -3.43. The maximum atomic E-state index is 14.3. The van der Waals surface area contributed by atoms with Crippen molar-refractivity contribution in [2.24, 2.45) is 5.16 Å². The van der Waals surface area contributed by atoms with Crippen LogP contribution in [0, 0.1) is 12.7 Å². The summed E-state index contributed by atoms with van der Waals surface area (Å²) in [4.78, 5) is 42.9. The van der Waals surface area contributed by atoms with Gasteiger partial charge in [-0.3, -0.25) is 19.3 Å². The number of hydrogen-bond donors (Lipinski definition) is 1. The van der Waals surface area contributed by atoms with Crippen molar-refractivity contribution >= 4 is 46.6 Å². The quantitative estimate of drug-likeness (QED) is 0.310. The molecule has 2 aromatic carbocycles. The van der Waals surface area contributed by atoms with Crippen molar-refractivity contribution in [2.75, 3.05) is 26.8 Å². The van der Waals surface area contributed by atoms with Gasteiger partial charge in [-0.15, -0.1) is 0 Å². The third kappa shape index (κ3) is 7.13. The van der Waals surface area contributed by atoms with Crippen molar-refractivity contribution in [2.45, 2.75) is 31.3 Å². The fraction of sp³-hybridized carbons (Fsp3) is 0.360. The van der Waals surface area contributed by atoms with Gasteiger partial charge in [-0.2, -0.15) is 26.3 Å². The van der Waals surface area contributed by atoms with E-state index in [9.17, 15) is 45.1 Å². The first kappa shape index (κ1) is 33.1. The van der Waals surface area contributed by atoms with Gasteiger partial charge in [0.2, 0.25) is 5.91 Å². The first-order valence-electron chi connectivity index (χ1n) is 11.6. The second-order valence-electron chi connectivity index (χ2n) is 9.02. The second-order valence-corrected chi connectivity index (χ2v) is 9.84. The standard InChI is InChI=1S/C25H20Cl2F7N3O5/c1-12-5-13(18-8-23(42-36-18,25(32,33)34)14-6-16(26)21(28)17(27)7-14)3-4-15(12)22(40)37(20(39)10-41-2)9-19(38)35-11-24(29,30)31/h3-7H,8-11H2,1-2H3,(H,35,38). The molecule has 1 heterocycles. The van der Waals surface area contributed by atoms with E-state index < -0.39 is 83.2 Å². The lowest BCUT2D eigenvalue weighted by molar-refractivity contribution is -0.275. The summed E-state index contributed by atoms with van der Waals surface area (Å²) in [5.41, 5.74) is -3.89. The van der Waals surface area contributed by atoms with Gasteiger partial charge in [-0.1, -0.05) is 34.4 Å². The topological polar surface area (TPSA) is 97.3 Å². The molecule has 0 saturated heterocycles. The van der Waals surface area contributed by atoms with Crippen LogP contribution in [0.4, 0.5) is 30.7 Å². The zero-order valence-electron chi connectivity index (χ0n) is 21.6. The Balaban J connectivity index is 1.89. The Kier molecular flexibility index (Phi) is 9.79. The molecule has 0 spiro atoms. The number of nitrogens with one attached hydrogen (secondary N) is 1. The lowest BCUT2D eigenvalue weighted by atomic mass is 9.86. The van der Waals surface area contributed by atoms with Crippen LogP contribution in [0.15, 0.2) is 35.5 Å². The third-order valence-corrected chi connectivity index (χ3v) is 6.58. The second kappa shape index (κ2) is 12.4. The van der Waals surface area contributed by atoms with Crippen LogP contribution in [0.2, 0.25) is 10.0 Å². The van der Waals surface area contributed by atoms with Gasteiger partial charge in [0.25, 0.3) is 17.4 Å². The normalized spacial score (nSPS) is 17.0. The Morgan fingerprint density at radius 2 is 1.71 bits per heavy atom. The molecule has 3 amide bonds. The van der Waals surface area contributed by atoms with Gasteiger partial charge in [0.15, 0.2) is 5.82 Å². The highest BCUT2D eigenvalue weighted by atomic mass is 35.5. The highest BCUT2D eigenvalue weighted by Gasteiger charge is 2.62. The number of halogens is 9. The fourth-order valence-corrected chi connectivity index (χ4v) is 4.44. The molecule has 3 rings (SSSR count). The highest BCUT2D eigenvalue weighted by Crippen LogP contribution is 2.50. The summed E-state index contributed by atoms with van der Waals surface area (Å²) >= 11 is 11.4. The average molecular weight is 646 g/mol. The molecule has 228 valence electrons. The summed E-state index contributed by atoms with van der Waals surface area (Å²) in [6, 6.07) is 5.03. The van der Waals surface area contributed by atoms with Crippen LogP contribution in [-0.2, 0) is 24.8 Å². The predicted molar refractivity (Wildman–Crippen MR) is 135 cm³/mol. The number of amides is 3. The smallest absolute Gasteiger partial charge is 0.375 e. The molecule has 1 atom stereocenters. The van der Waals surface area contributed by atoms with Crippen molar-refractivity contribution in [3.8, 4) is 0 Å². The first-order chi connectivity index (χ1) is 19.4. The molecule has 1 unspecified atom stereocenters. The number of aryl methyl sites for hydroxylation is 1. The van der Waals surface area contributed by atoms with Crippen LogP contribution in [-0.4, -0.2) is 67.5 Å². The molecule has 42 heavy (non-hydrogen) atoms. The number of oxime groups is 1. The number of ether oxygens (including phenoxy) is 1. The maximum absolute atomic E-state index is 14.3. The molecular formula is C25H20Cl2F7N3O5. The lowest BCUT2D eigenvalue weighted by Gasteiger charge is -2.29. The Morgan fingerprint density at radius 1 is 1.10 bits per heavy atom. The van der Waals surface area contributed by atoms with Crippen LogP contribution in [0.3, 0.4) is 0 Å². The zero-order valence-corrected chi connectivity index (χ0v) is 23.1. The van der Waals surface area contributed by atoms with Gasteiger partial charge in [-0.05, 0) is 42.3 Å². The largest absolute Gasteiger partial charge is 0.435 e. The highest BCUT2D eigenvalue weighted by molar-refractivity contribution is 6.35. The van der Waals surface area contributed by atoms with E-state index in [1.54, 1.807) is 5.32 Å². The molecule has 1 N–H and O–H groups in total. The monoisotopic (exact) mass is 645 g/mol. The molecule has 0 aliphatic carbocycles. The van der Waals surface area contributed by atoms with E-state index in [4.69, 9.17) is 28.0 Å². The summed E-state index contributed by atoms with van der Waals surface area (Å²) in [5.74, 6) is -4.51. The van der Waals surface area contributed by atoms with E-state index in [2.05, 4.69) is 9.89 Å². The molecule has 0 aromatic heterocycles. The van der Waals surface area contributed by atoms with Crippen LogP contribution >= 0.6 is 23.2 Å². The number of methoxy groups -OCH3 is 1. The van der Waals surface area contributed by atoms with Crippen molar-refractivity contribution in [3.63, 3.8) is 0 Å². The molecular weight excluding hydrogens is 626 g/mol. The molecule has 0 saturated carbocycles. The molecule has 0 bridgehead atoms. The number of carbonyl (C=O) groups is 3. The van der Waals surface area contributed by atoms with Crippen molar-refractivity contribution in [1.82, 2.24) is 10.2 Å². The Morgan fingerprint density at radius 3 is 2.24 bits per heavy atom. The molecule has 1 aliphatic heterocycles. The summed E-state index contributed by atoms with van der Waals surface area (Å²) in [5, 5.41) is 3.78. The van der Waals surface area contributed by atoms with Gasteiger partial charge in [0.05, 0.1) is 15.8 Å². The van der Waals surface area contributed by atoms with Gasteiger partial charge in [0.1, 0.15) is 19.7 Å². The Labute approximate surface area is 243 Å². The Bertz CT molecular complexity index is 1410. The number of benzene rings is 2. The zero-order chi connectivity index (χ0) is 31.6. The summed E-state index contributed by atoms with van der Waals surface area (Å²) in [6.45, 7) is -2.07. The van der Waals surface area contributed by atoms with E-state index in [-0.39, 0.29) is 22.4 Å². The lowest BCUT2D eigenvalue weighted by Crippen LogP contribution is -2.47. The van der Waals surface area contributed by atoms with Crippen molar-refractivity contribution in [1.29, 1.82) is 0 Å². The number of rotatable bonds is 8. The number of carbonyl (C=O) groups excluding carboxylic acids is 3. The van der Waals surface area contributed by atoms with E-state index in [1.807, 2.05) is 0 Å². The van der Waals surface area contributed by atoms with Gasteiger partial charge >= 0.3 is 12.4 Å². The summed E-state index contributed by atoms with van der Waals surface area (Å²) in [6.07, 6.45) is -10.7. The summed E-state index contributed by atoms with van der Waals surface area (Å²) < 4.78 is 98.8. The van der Waals surface area contributed by atoms with E-state index in [1.165, 1.54) is 19.1 Å². The minimum atomic E-state index is -5.07. The summed E-state index contributed by atoms with van der Waals surface area (Å²) in [7, 11) is 1.11. The van der Waals surface area contributed by atoms with E-state index >= 15 is 0 Å². The van der Waals surface area contributed by atoms with Gasteiger partial charge < -0.3 is 14.9 Å². The van der Waals surface area contributed by atoms with Crippen LogP contribution in [0.5, 0.6) is 0 Å². The van der Waals surface area contributed by atoms with E-state index in [0.717, 1.165) is 25.3 Å². The fourth-order valence-electron chi connectivity index (χ4n) is 3.95. The molecule has 0 fully saturated rings. The van der Waals surface area contributed by atoms with Crippen LogP contribution in [0.25, 0.3) is 0 Å². The molecule has 2 aromatic rings. The molecule has 8 nitrogen and oxygen atoms in total. The predicted octanol–water partition coefficient (Wildman–Crippen LogP) is 5.32. The SMILES string of the molecule is COCC(=O)N(CC(=O)NCC(F)(F)F)C(=O)c1ccc(C2=NOC(c3cc(Cl)c(F)c(Cl)c3)(C(F)(F)F)C2)cc1C. The van der Waals surface area contributed by atoms with Crippen LogP contribution in [0.1, 0.15) is 33.5 Å². The number of imide groups is 1. The number of alkyl halides is 6.